The summed E-state index contributed by atoms with van der Waals surface area (Å²) in [5.41, 5.74) is 3.30. The fourth-order valence-corrected chi connectivity index (χ4v) is 6.44. The van der Waals surface area contributed by atoms with Gasteiger partial charge in [0.2, 0.25) is 11.8 Å². The molecule has 0 aromatic heterocycles. The summed E-state index contributed by atoms with van der Waals surface area (Å²) in [5.74, 6) is -0.154. The average molecular weight is 470 g/mol. The van der Waals surface area contributed by atoms with Gasteiger partial charge in [0.15, 0.2) is 9.84 Å². The minimum Gasteiger partial charge on any atom is -0.324 e. The SMILES string of the molecule is N#Cc1ccc(NC(=O)C2CSCN2C(=O)CCS(=O)(=O)c2ccc3c(c2)CCC3)cc1. The predicted molar refractivity (Wildman–Crippen MR) is 123 cm³/mol. The monoisotopic (exact) mass is 469 g/mol. The second kappa shape index (κ2) is 9.35. The van der Waals surface area contributed by atoms with Gasteiger partial charge in [0.25, 0.3) is 0 Å². The summed E-state index contributed by atoms with van der Waals surface area (Å²) in [4.78, 5) is 27.2. The molecule has 1 N–H and O–H groups in total. The van der Waals surface area contributed by atoms with Crippen LogP contribution < -0.4 is 5.32 Å². The zero-order valence-corrected chi connectivity index (χ0v) is 19.0. The highest BCUT2D eigenvalue weighted by molar-refractivity contribution is 7.99. The Balaban J connectivity index is 1.37. The highest BCUT2D eigenvalue weighted by atomic mass is 32.2. The lowest BCUT2D eigenvalue weighted by Gasteiger charge is -2.23. The number of thioether (sulfide) groups is 1. The lowest BCUT2D eigenvalue weighted by molar-refractivity contribution is -0.135. The Morgan fingerprint density at radius 2 is 1.88 bits per heavy atom. The molecule has 2 aliphatic rings. The molecule has 1 aliphatic carbocycles. The summed E-state index contributed by atoms with van der Waals surface area (Å²) in [6.07, 6.45) is 2.74. The predicted octanol–water partition coefficient (Wildman–Crippen LogP) is 2.75. The van der Waals surface area contributed by atoms with Crippen molar-refractivity contribution in [2.75, 3.05) is 22.7 Å². The Hall–Kier alpha value is -2.83. The Bertz CT molecular complexity index is 1190. The smallest absolute Gasteiger partial charge is 0.248 e. The van der Waals surface area contributed by atoms with E-state index in [9.17, 15) is 18.0 Å². The maximum Gasteiger partial charge on any atom is 0.248 e. The summed E-state index contributed by atoms with van der Waals surface area (Å²) < 4.78 is 25.6. The van der Waals surface area contributed by atoms with Crippen LogP contribution in [0, 0.1) is 11.3 Å². The van der Waals surface area contributed by atoms with Crippen LogP contribution in [0.4, 0.5) is 5.69 Å². The van der Waals surface area contributed by atoms with E-state index in [0.29, 0.717) is 22.9 Å². The van der Waals surface area contributed by atoms with Gasteiger partial charge in [-0.1, -0.05) is 6.07 Å². The molecule has 166 valence electrons. The first-order chi connectivity index (χ1) is 15.4. The van der Waals surface area contributed by atoms with E-state index >= 15 is 0 Å². The third kappa shape index (κ3) is 4.81. The van der Waals surface area contributed by atoms with Gasteiger partial charge in [-0.2, -0.15) is 5.26 Å². The van der Waals surface area contributed by atoms with Crippen molar-refractivity contribution in [3.05, 3.63) is 59.2 Å². The molecule has 1 heterocycles. The van der Waals surface area contributed by atoms with E-state index in [1.165, 1.54) is 22.2 Å². The van der Waals surface area contributed by atoms with Crippen LogP contribution in [0.25, 0.3) is 0 Å². The molecule has 0 saturated carbocycles. The first-order valence-corrected chi connectivity index (χ1v) is 13.2. The number of amides is 2. The van der Waals surface area contributed by atoms with Crippen LogP contribution in [-0.4, -0.2) is 48.6 Å². The van der Waals surface area contributed by atoms with Gasteiger partial charge >= 0.3 is 0 Å². The number of aryl methyl sites for hydroxylation is 2. The molecular formula is C23H23N3O4S2. The molecule has 32 heavy (non-hydrogen) atoms. The van der Waals surface area contributed by atoms with Gasteiger partial charge in [-0.3, -0.25) is 9.59 Å². The van der Waals surface area contributed by atoms with Crippen LogP contribution >= 0.6 is 11.8 Å². The number of hydrogen-bond acceptors (Lipinski definition) is 6. The number of nitrogens with one attached hydrogen (secondary N) is 1. The maximum atomic E-state index is 12.8. The van der Waals surface area contributed by atoms with Crippen molar-refractivity contribution in [2.24, 2.45) is 0 Å². The van der Waals surface area contributed by atoms with E-state index in [-0.39, 0.29) is 28.9 Å². The molecule has 1 unspecified atom stereocenters. The molecule has 9 heteroatoms. The number of carbonyl (C=O) groups excluding carboxylic acids is 2. The number of hydrogen-bond donors (Lipinski definition) is 1. The van der Waals surface area contributed by atoms with E-state index in [2.05, 4.69) is 5.32 Å². The number of nitriles is 1. The fourth-order valence-electron chi connectivity index (χ4n) is 3.98. The summed E-state index contributed by atoms with van der Waals surface area (Å²) in [5, 5.41) is 11.6. The molecule has 2 aromatic carbocycles. The summed E-state index contributed by atoms with van der Waals surface area (Å²) >= 11 is 1.46. The number of carbonyl (C=O) groups is 2. The number of rotatable bonds is 6. The van der Waals surface area contributed by atoms with Crippen LogP contribution in [-0.2, 0) is 32.3 Å². The minimum absolute atomic E-state index is 0.166. The largest absolute Gasteiger partial charge is 0.324 e. The van der Waals surface area contributed by atoms with Gasteiger partial charge in [-0.25, -0.2) is 8.42 Å². The topological polar surface area (TPSA) is 107 Å². The number of nitrogens with zero attached hydrogens (tertiary/aromatic N) is 2. The zero-order chi connectivity index (χ0) is 22.7. The molecule has 1 aliphatic heterocycles. The van der Waals surface area contributed by atoms with Crippen LogP contribution in [0.3, 0.4) is 0 Å². The Labute approximate surface area is 191 Å². The molecule has 1 saturated heterocycles. The van der Waals surface area contributed by atoms with Gasteiger partial charge in [0.05, 0.1) is 28.2 Å². The van der Waals surface area contributed by atoms with Crippen molar-refractivity contribution < 1.29 is 18.0 Å². The zero-order valence-electron chi connectivity index (χ0n) is 17.4. The van der Waals surface area contributed by atoms with Crippen molar-refractivity contribution in [1.29, 1.82) is 5.26 Å². The second-order valence-electron chi connectivity index (χ2n) is 7.91. The molecule has 0 radical (unpaired) electrons. The molecule has 4 rings (SSSR count). The minimum atomic E-state index is -3.58. The van der Waals surface area contributed by atoms with Crippen LogP contribution in [0.1, 0.15) is 29.5 Å². The third-order valence-corrected chi connectivity index (χ3v) is 8.53. The third-order valence-electron chi connectivity index (χ3n) is 5.80. The summed E-state index contributed by atoms with van der Waals surface area (Å²) in [6.45, 7) is 0. The van der Waals surface area contributed by atoms with E-state index in [1.54, 1.807) is 36.4 Å². The van der Waals surface area contributed by atoms with Crippen LogP contribution in [0.2, 0.25) is 0 Å². The average Bonchev–Trinajstić information content (AvgIpc) is 3.47. The van der Waals surface area contributed by atoms with Crippen molar-refractivity contribution in [3.63, 3.8) is 0 Å². The Morgan fingerprint density at radius 1 is 1.12 bits per heavy atom. The molecule has 1 fully saturated rings. The van der Waals surface area contributed by atoms with Crippen molar-refractivity contribution in [3.8, 4) is 6.07 Å². The van der Waals surface area contributed by atoms with Gasteiger partial charge in [0, 0.05) is 17.9 Å². The fraction of sp³-hybridized carbons (Fsp3) is 0.348. The molecule has 0 spiro atoms. The summed E-state index contributed by atoms with van der Waals surface area (Å²) in [7, 11) is -3.58. The molecule has 2 amide bonds. The Kier molecular flexibility index (Phi) is 6.53. The summed E-state index contributed by atoms with van der Waals surface area (Å²) in [6, 6.07) is 13.1. The quantitative estimate of drug-likeness (QED) is 0.697. The van der Waals surface area contributed by atoms with E-state index in [4.69, 9.17) is 5.26 Å². The van der Waals surface area contributed by atoms with Crippen molar-refractivity contribution in [2.45, 2.75) is 36.6 Å². The molecule has 0 bridgehead atoms. The first kappa shape index (κ1) is 22.4. The second-order valence-corrected chi connectivity index (χ2v) is 11.0. The van der Waals surface area contributed by atoms with E-state index in [0.717, 1.165) is 24.8 Å². The lowest BCUT2D eigenvalue weighted by atomic mass is 10.1. The lowest BCUT2D eigenvalue weighted by Crippen LogP contribution is -2.44. The number of fused-ring (bicyclic) bond motifs is 1. The highest BCUT2D eigenvalue weighted by Crippen LogP contribution is 2.27. The molecular weight excluding hydrogens is 446 g/mol. The standard InChI is InChI=1S/C23H23N3O4S2/c24-13-16-4-7-19(8-5-16)25-23(28)21-14-31-15-26(21)22(27)10-11-32(29,30)20-9-6-17-2-1-3-18(17)12-20/h4-9,12,21H,1-3,10-11,14-15H2,(H,25,28). The van der Waals surface area contributed by atoms with Crippen molar-refractivity contribution in [1.82, 2.24) is 4.90 Å². The normalized spacial score (nSPS) is 17.6. The van der Waals surface area contributed by atoms with Gasteiger partial charge in [-0.05, 0) is 66.8 Å². The van der Waals surface area contributed by atoms with Crippen LogP contribution in [0.5, 0.6) is 0 Å². The van der Waals surface area contributed by atoms with E-state index < -0.39 is 15.9 Å². The van der Waals surface area contributed by atoms with Gasteiger partial charge in [-0.15, -0.1) is 11.8 Å². The Morgan fingerprint density at radius 3 is 2.62 bits per heavy atom. The molecule has 7 nitrogen and oxygen atoms in total. The van der Waals surface area contributed by atoms with Gasteiger partial charge < -0.3 is 10.2 Å². The van der Waals surface area contributed by atoms with Crippen LogP contribution in [0.15, 0.2) is 47.4 Å². The number of sulfone groups is 1. The highest BCUT2D eigenvalue weighted by Gasteiger charge is 2.35. The number of anilines is 1. The molecule has 1 atom stereocenters. The van der Waals surface area contributed by atoms with Gasteiger partial charge in [0.1, 0.15) is 6.04 Å². The molecule has 2 aromatic rings. The first-order valence-electron chi connectivity index (χ1n) is 10.4. The van der Waals surface area contributed by atoms with E-state index in [1.807, 2.05) is 12.1 Å². The maximum absolute atomic E-state index is 12.8. The van der Waals surface area contributed by atoms with Crippen molar-refractivity contribution >= 4 is 39.1 Å². The number of benzene rings is 2.